The average molecular weight is 268 g/mol. The molecule has 0 saturated carbocycles. The largest absolute Gasteiger partial charge is 0.318 e. The molecule has 3 rings (SSSR count). The first kappa shape index (κ1) is 13.6. The lowest BCUT2D eigenvalue weighted by molar-refractivity contribution is 0.192. The fourth-order valence-electron chi connectivity index (χ4n) is 3.62. The van der Waals surface area contributed by atoms with E-state index in [0.29, 0.717) is 12.1 Å². The minimum atomic E-state index is 0.488. The second-order valence-corrected chi connectivity index (χ2v) is 5.84. The van der Waals surface area contributed by atoms with Gasteiger partial charge in [0.05, 0.1) is 0 Å². The lowest BCUT2D eigenvalue weighted by atomic mass is 9.98. The topological polar surface area (TPSA) is 15.3 Å². The maximum atomic E-state index is 3.34. The fourth-order valence-corrected chi connectivity index (χ4v) is 3.62. The summed E-state index contributed by atoms with van der Waals surface area (Å²) in [5, 5.41) is 6.09. The van der Waals surface area contributed by atoms with Crippen molar-refractivity contribution in [2.24, 2.45) is 0 Å². The lowest BCUT2D eigenvalue weighted by Gasteiger charge is -2.31. The molecule has 2 aromatic rings. The molecule has 106 valence electrons. The monoisotopic (exact) mass is 268 g/mol. The van der Waals surface area contributed by atoms with Gasteiger partial charge in [-0.25, -0.2) is 0 Å². The smallest absolute Gasteiger partial charge is 0.0329 e. The molecule has 1 heterocycles. The number of nitrogens with zero attached hydrogens (tertiary/aromatic N) is 1. The molecule has 0 spiro atoms. The molecule has 20 heavy (non-hydrogen) atoms. The van der Waals surface area contributed by atoms with E-state index in [0.717, 1.165) is 6.54 Å². The van der Waals surface area contributed by atoms with Crippen molar-refractivity contribution in [2.45, 2.75) is 31.8 Å². The van der Waals surface area contributed by atoms with Crippen molar-refractivity contribution in [1.29, 1.82) is 0 Å². The Balaban J connectivity index is 1.94. The molecule has 0 aromatic heterocycles. The Morgan fingerprint density at radius 1 is 1.20 bits per heavy atom. The predicted octanol–water partition coefficient (Wildman–Crippen LogP) is 3.58. The van der Waals surface area contributed by atoms with E-state index in [-0.39, 0.29) is 0 Å². The molecule has 2 unspecified atom stereocenters. The van der Waals surface area contributed by atoms with Gasteiger partial charge in [-0.2, -0.15) is 0 Å². The third-order valence-corrected chi connectivity index (χ3v) is 4.63. The van der Waals surface area contributed by atoms with Crippen molar-refractivity contribution in [2.75, 3.05) is 20.1 Å². The van der Waals surface area contributed by atoms with Crippen molar-refractivity contribution >= 4 is 10.8 Å². The molecule has 0 bridgehead atoms. The fraction of sp³-hybridized carbons (Fsp3) is 0.444. The van der Waals surface area contributed by atoms with Crippen LogP contribution in [0, 0.1) is 0 Å². The number of fused-ring (bicyclic) bond motifs is 1. The third-order valence-electron chi connectivity index (χ3n) is 4.63. The second kappa shape index (κ2) is 5.94. The summed E-state index contributed by atoms with van der Waals surface area (Å²) in [7, 11) is 2.05. The van der Waals surface area contributed by atoms with Gasteiger partial charge in [0.2, 0.25) is 0 Å². The van der Waals surface area contributed by atoms with Crippen molar-refractivity contribution in [3.05, 3.63) is 48.0 Å². The van der Waals surface area contributed by atoms with E-state index in [1.165, 1.54) is 35.7 Å². The number of benzene rings is 2. The van der Waals surface area contributed by atoms with E-state index in [2.05, 4.69) is 66.7 Å². The van der Waals surface area contributed by atoms with Gasteiger partial charge >= 0.3 is 0 Å². The first-order valence-corrected chi connectivity index (χ1v) is 7.69. The van der Waals surface area contributed by atoms with Crippen LogP contribution in [0.1, 0.15) is 31.4 Å². The summed E-state index contributed by atoms with van der Waals surface area (Å²) in [5.74, 6) is 0. The summed E-state index contributed by atoms with van der Waals surface area (Å²) in [6, 6.07) is 16.6. The van der Waals surface area contributed by atoms with Crippen molar-refractivity contribution < 1.29 is 0 Å². The van der Waals surface area contributed by atoms with Gasteiger partial charge in [0, 0.05) is 18.6 Å². The van der Waals surface area contributed by atoms with Gasteiger partial charge < -0.3 is 5.32 Å². The Hall–Kier alpha value is -1.38. The van der Waals surface area contributed by atoms with Crippen LogP contribution in [0.25, 0.3) is 10.8 Å². The van der Waals surface area contributed by atoms with Crippen molar-refractivity contribution in [3.8, 4) is 0 Å². The van der Waals surface area contributed by atoms with Gasteiger partial charge in [-0.1, -0.05) is 42.5 Å². The van der Waals surface area contributed by atoms with Crippen LogP contribution >= 0.6 is 0 Å². The molecular formula is C18H24N2. The molecule has 2 atom stereocenters. The van der Waals surface area contributed by atoms with Crippen LogP contribution in [0.3, 0.4) is 0 Å². The molecule has 1 aliphatic rings. The number of likely N-dealkylation sites (N-methyl/N-ethyl adjacent to an activating group) is 1. The zero-order valence-electron chi connectivity index (χ0n) is 12.5. The normalized spacial score (nSPS) is 21.4. The van der Waals surface area contributed by atoms with E-state index in [4.69, 9.17) is 0 Å². The van der Waals surface area contributed by atoms with Crippen LogP contribution in [0.5, 0.6) is 0 Å². The first-order valence-electron chi connectivity index (χ1n) is 7.69. The number of likely N-dealkylation sites (tertiary alicyclic amines) is 1. The molecule has 0 aliphatic carbocycles. The van der Waals surface area contributed by atoms with Gasteiger partial charge in [-0.3, -0.25) is 4.90 Å². The highest BCUT2D eigenvalue weighted by molar-refractivity contribution is 5.86. The number of rotatable bonds is 4. The van der Waals surface area contributed by atoms with Gasteiger partial charge in [0.25, 0.3) is 0 Å². The third kappa shape index (κ3) is 2.46. The highest BCUT2D eigenvalue weighted by Crippen LogP contribution is 2.32. The predicted molar refractivity (Wildman–Crippen MR) is 86.0 cm³/mol. The van der Waals surface area contributed by atoms with Crippen molar-refractivity contribution in [3.63, 3.8) is 0 Å². The van der Waals surface area contributed by atoms with Crippen LogP contribution in [0.15, 0.2) is 42.5 Å². The number of nitrogens with one attached hydrogen (secondary N) is 1. The van der Waals surface area contributed by atoms with Crippen LogP contribution < -0.4 is 5.32 Å². The zero-order valence-corrected chi connectivity index (χ0v) is 12.5. The summed E-state index contributed by atoms with van der Waals surface area (Å²) in [6.07, 6.45) is 2.64. The zero-order chi connectivity index (χ0) is 13.9. The SMILES string of the molecule is CNCC1CCCN1C(C)c1cccc2ccccc12. The Morgan fingerprint density at radius 3 is 2.85 bits per heavy atom. The minimum absolute atomic E-state index is 0.488. The second-order valence-electron chi connectivity index (χ2n) is 5.84. The minimum Gasteiger partial charge on any atom is -0.318 e. The van der Waals surface area contributed by atoms with E-state index < -0.39 is 0 Å². The Morgan fingerprint density at radius 2 is 2.00 bits per heavy atom. The van der Waals surface area contributed by atoms with E-state index in [9.17, 15) is 0 Å². The van der Waals surface area contributed by atoms with E-state index in [1.807, 2.05) is 0 Å². The standard InChI is InChI=1S/C18H24N2/c1-14(20-12-6-9-16(20)13-19-2)17-11-5-8-15-7-3-4-10-18(15)17/h3-5,7-8,10-11,14,16,19H,6,9,12-13H2,1-2H3. The quantitative estimate of drug-likeness (QED) is 0.911. The van der Waals surface area contributed by atoms with Gasteiger partial charge in [0.15, 0.2) is 0 Å². The van der Waals surface area contributed by atoms with Gasteiger partial charge in [-0.15, -0.1) is 0 Å². The highest BCUT2D eigenvalue weighted by Gasteiger charge is 2.29. The first-order chi connectivity index (χ1) is 9.81. The van der Waals surface area contributed by atoms with Crippen LogP contribution in [-0.4, -0.2) is 31.1 Å². The maximum absolute atomic E-state index is 3.34. The molecule has 1 saturated heterocycles. The Bertz CT molecular complexity index is 573. The van der Waals surface area contributed by atoms with Crippen molar-refractivity contribution in [1.82, 2.24) is 10.2 Å². The Labute approximate surface area is 121 Å². The van der Waals surface area contributed by atoms with Gasteiger partial charge in [-0.05, 0) is 49.7 Å². The van der Waals surface area contributed by atoms with Crippen LogP contribution in [-0.2, 0) is 0 Å². The molecule has 1 N–H and O–H groups in total. The number of hydrogen-bond donors (Lipinski definition) is 1. The summed E-state index contributed by atoms with van der Waals surface area (Å²) in [4.78, 5) is 2.66. The number of hydrogen-bond acceptors (Lipinski definition) is 2. The molecule has 2 heteroatoms. The van der Waals surface area contributed by atoms with Gasteiger partial charge in [0.1, 0.15) is 0 Å². The average Bonchev–Trinajstić information content (AvgIpc) is 2.94. The summed E-state index contributed by atoms with van der Waals surface area (Å²) < 4.78 is 0. The molecule has 2 nitrogen and oxygen atoms in total. The lowest BCUT2D eigenvalue weighted by Crippen LogP contribution is -2.38. The maximum Gasteiger partial charge on any atom is 0.0329 e. The molecular weight excluding hydrogens is 244 g/mol. The van der Waals surface area contributed by atoms with E-state index >= 15 is 0 Å². The summed E-state index contributed by atoms with van der Waals surface area (Å²) in [6.45, 7) is 4.67. The molecule has 2 aromatic carbocycles. The molecule has 0 radical (unpaired) electrons. The summed E-state index contributed by atoms with van der Waals surface area (Å²) >= 11 is 0. The molecule has 0 amide bonds. The van der Waals surface area contributed by atoms with Crippen LogP contribution in [0.4, 0.5) is 0 Å². The van der Waals surface area contributed by atoms with E-state index in [1.54, 1.807) is 0 Å². The Kier molecular flexibility index (Phi) is 4.04. The summed E-state index contributed by atoms with van der Waals surface area (Å²) in [5.41, 5.74) is 1.46. The molecule has 1 fully saturated rings. The van der Waals surface area contributed by atoms with Crippen LogP contribution in [0.2, 0.25) is 0 Å². The highest BCUT2D eigenvalue weighted by atomic mass is 15.2. The molecule has 1 aliphatic heterocycles.